The zero-order chi connectivity index (χ0) is 28.0. The number of nitrogens with one attached hydrogen (secondary N) is 3. The zero-order valence-electron chi connectivity index (χ0n) is 21.7. The smallest absolute Gasteiger partial charge is 0.326 e. The molecule has 0 aliphatic heterocycles. The van der Waals surface area contributed by atoms with Crippen molar-refractivity contribution in [1.29, 1.82) is 0 Å². The number of thioether (sulfide) groups is 1. The average Bonchev–Trinajstić information content (AvgIpc) is 2.85. The van der Waals surface area contributed by atoms with Crippen molar-refractivity contribution in [3.05, 3.63) is 29.8 Å². The van der Waals surface area contributed by atoms with E-state index >= 15 is 0 Å². The Kier molecular flexibility index (Phi) is 14.6. The van der Waals surface area contributed by atoms with Gasteiger partial charge in [-0.1, -0.05) is 26.0 Å². The molecule has 3 amide bonds. The van der Waals surface area contributed by atoms with Crippen LogP contribution in [0.1, 0.15) is 45.1 Å². The first-order valence-electron chi connectivity index (χ1n) is 12.4. The first-order valence-corrected chi connectivity index (χ1v) is 13.8. The van der Waals surface area contributed by atoms with Crippen molar-refractivity contribution < 1.29 is 29.4 Å². The van der Waals surface area contributed by atoms with Gasteiger partial charge in [0.05, 0.1) is 6.04 Å². The zero-order valence-corrected chi connectivity index (χ0v) is 22.6. The van der Waals surface area contributed by atoms with E-state index < -0.39 is 47.9 Å². The van der Waals surface area contributed by atoms with Gasteiger partial charge in [-0.05, 0) is 74.3 Å². The van der Waals surface area contributed by atoms with Gasteiger partial charge in [-0.3, -0.25) is 14.4 Å². The molecule has 0 heterocycles. The number of amides is 3. The summed E-state index contributed by atoms with van der Waals surface area (Å²) in [5.41, 5.74) is 12.4. The van der Waals surface area contributed by atoms with Gasteiger partial charge in [0.2, 0.25) is 17.7 Å². The largest absolute Gasteiger partial charge is 0.508 e. The van der Waals surface area contributed by atoms with Gasteiger partial charge in [-0.15, -0.1) is 0 Å². The fourth-order valence-electron chi connectivity index (χ4n) is 3.56. The van der Waals surface area contributed by atoms with Crippen molar-refractivity contribution >= 4 is 35.5 Å². The Balaban J connectivity index is 2.92. The van der Waals surface area contributed by atoms with Crippen LogP contribution >= 0.6 is 11.8 Å². The maximum absolute atomic E-state index is 13.2. The Morgan fingerprint density at radius 1 is 0.919 bits per heavy atom. The molecule has 0 saturated carbocycles. The van der Waals surface area contributed by atoms with Crippen molar-refractivity contribution in [2.45, 2.75) is 70.1 Å². The van der Waals surface area contributed by atoms with Gasteiger partial charge in [0.25, 0.3) is 0 Å². The second-order valence-corrected chi connectivity index (χ2v) is 10.2. The fourth-order valence-corrected chi connectivity index (χ4v) is 4.03. The van der Waals surface area contributed by atoms with Gasteiger partial charge in [0.1, 0.15) is 23.9 Å². The van der Waals surface area contributed by atoms with E-state index in [0.29, 0.717) is 31.6 Å². The monoisotopic (exact) mass is 539 g/mol. The van der Waals surface area contributed by atoms with Crippen molar-refractivity contribution in [2.24, 2.45) is 17.4 Å². The van der Waals surface area contributed by atoms with Gasteiger partial charge >= 0.3 is 5.97 Å². The van der Waals surface area contributed by atoms with Gasteiger partial charge in [-0.25, -0.2) is 4.79 Å². The third-order valence-electron chi connectivity index (χ3n) is 5.78. The van der Waals surface area contributed by atoms with E-state index in [4.69, 9.17) is 11.5 Å². The average molecular weight is 540 g/mol. The van der Waals surface area contributed by atoms with E-state index in [1.165, 1.54) is 23.9 Å². The summed E-state index contributed by atoms with van der Waals surface area (Å²) in [6.45, 7) is 3.89. The molecule has 0 aromatic heterocycles. The lowest BCUT2D eigenvalue weighted by molar-refractivity contribution is -0.142. The van der Waals surface area contributed by atoms with Gasteiger partial charge in [0.15, 0.2) is 0 Å². The Labute approximate surface area is 222 Å². The third-order valence-corrected chi connectivity index (χ3v) is 6.42. The summed E-state index contributed by atoms with van der Waals surface area (Å²) in [5.74, 6) is -2.53. The molecule has 4 atom stereocenters. The van der Waals surface area contributed by atoms with E-state index in [2.05, 4.69) is 16.0 Å². The number of aromatic hydroxyl groups is 1. The molecular formula is C25H41N5O6S. The number of carboxylic acid groups (broad SMARTS) is 1. The lowest BCUT2D eigenvalue weighted by atomic mass is 10.0. The number of unbranched alkanes of at least 4 members (excludes halogenated alkanes) is 1. The van der Waals surface area contributed by atoms with E-state index in [0.717, 1.165) is 5.56 Å². The minimum atomic E-state index is -1.15. The number of carboxylic acids is 1. The van der Waals surface area contributed by atoms with Crippen LogP contribution in [0.3, 0.4) is 0 Å². The molecule has 4 unspecified atom stereocenters. The van der Waals surface area contributed by atoms with Crippen molar-refractivity contribution in [3.8, 4) is 5.75 Å². The van der Waals surface area contributed by atoms with Crippen LogP contribution in [-0.2, 0) is 25.6 Å². The topological polar surface area (TPSA) is 197 Å². The number of rotatable bonds is 17. The highest BCUT2D eigenvalue weighted by atomic mass is 32.2. The van der Waals surface area contributed by atoms with Gasteiger partial charge in [-0.2, -0.15) is 11.8 Å². The van der Waals surface area contributed by atoms with Crippen LogP contribution in [0, 0.1) is 5.92 Å². The molecule has 1 aromatic carbocycles. The van der Waals surface area contributed by atoms with Crippen LogP contribution in [-0.4, -0.2) is 76.6 Å². The van der Waals surface area contributed by atoms with Crippen LogP contribution in [0.25, 0.3) is 0 Å². The van der Waals surface area contributed by atoms with Crippen LogP contribution in [0.4, 0.5) is 0 Å². The summed E-state index contributed by atoms with van der Waals surface area (Å²) >= 11 is 1.47. The SMILES string of the molecule is CSCCC(NC(=O)C(NC(=O)C(CCCCN)NC(=O)C(N)Cc1ccc(O)cc1)C(C)C)C(=O)O. The lowest BCUT2D eigenvalue weighted by Crippen LogP contribution is -2.58. The Hall–Kier alpha value is -2.83. The maximum Gasteiger partial charge on any atom is 0.326 e. The minimum Gasteiger partial charge on any atom is -0.508 e. The summed E-state index contributed by atoms with van der Waals surface area (Å²) in [6, 6.07) is 2.34. The number of carbonyl (C=O) groups is 4. The molecule has 37 heavy (non-hydrogen) atoms. The second-order valence-electron chi connectivity index (χ2n) is 9.23. The molecule has 0 spiro atoms. The van der Waals surface area contributed by atoms with Crippen molar-refractivity contribution in [3.63, 3.8) is 0 Å². The molecule has 0 aliphatic rings. The number of hydrogen-bond acceptors (Lipinski definition) is 8. The van der Waals surface area contributed by atoms with E-state index in [9.17, 15) is 29.4 Å². The van der Waals surface area contributed by atoms with Crippen LogP contribution in [0.15, 0.2) is 24.3 Å². The summed E-state index contributed by atoms with van der Waals surface area (Å²) in [4.78, 5) is 50.4. The van der Waals surface area contributed by atoms with Crippen LogP contribution in [0.5, 0.6) is 5.75 Å². The normalized spacial score (nSPS) is 14.3. The summed E-state index contributed by atoms with van der Waals surface area (Å²) < 4.78 is 0. The highest BCUT2D eigenvalue weighted by Gasteiger charge is 2.31. The van der Waals surface area contributed by atoms with E-state index in [1.54, 1.807) is 26.0 Å². The molecule has 0 saturated heterocycles. The third kappa shape index (κ3) is 11.8. The molecule has 0 bridgehead atoms. The molecule has 208 valence electrons. The standard InChI is InChI=1S/C25H41N5O6S/c1-15(2)21(24(34)29-20(25(35)36)11-13-37-3)30-23(33)19(6-4-5-12-26)28-22(32)18(27)14-16-7-9-17(31)10-8-16/h7-10,15,18-21,31H,4-6,11-14,26-27H2,1-3H3,(H,28,32)(H,29,34)(H,30,33)(H,35,36). The number of nitrogens with two attached hydrogens (primary N) is 2. The fraction of sp³-hybridized carbons (Fsp3) is 0.600. The number of carbonyl (C=O) groups excluding carboxylic acids is 3. The van der Waals surface area contributed by atoms with Crippen molar-refractivity contribution in [2.75, 3.05) is 18.6 Å². The minimum absolute atomic E-state index is 0.0982. The first kappa shape index (κ1) is 32.2. The van der Waals surface area contributed by atoms with E-state index in [1.807, 2.05) is 6.26 Å². The quantitative estimate of drug-likeness (QED) is 0.136. The maximum atomic E-state index is 13.2. The molecule has 1 rings (SSSR count). The number of phenols is 1. The molecule has 0 fully saturated rings. The molecule has 11 nitrogen and oxygen atoms in total. The molecule has 9 N–H and O–H groups in total. The molecule has 1 aromatic rings. The predicted octanol–water partition coefficient (Wildman–Crippen LogP) is 0.339. The molecular weight excluding hydrogens is 498 g/mol. The predicted molar refractivity (Wildman–Crippen MR) is 144 cm³/mol. The van der Waals surface area contributed by atoms with E-state index in [-0.39, 0.29) is 24.5 Å². The Morgan fingerprint density at radius 3 is 2.08 bits per heavy atom. The molecule has 12 heteroatoms. The Morgan fingerprint density at radius 2 is 1.54 bits per heavy atom. The second kappa shape index (κ2) is 16.8. The van der Waals surface area contributed by atoms with Crippen LogP contribution in [0.2, 0.25) is 0 Å². The first-order chi connectivity index (χ1) is 17.5. The van der Waals surface area contributed by atoms with Crippen LogP contribution < -0.4 is 27.4 Å². The number of benzene rings is 1. The number of aliphatic carboxylic acids is 1. The lowest BCUT2D eigenvalue weighted by Gasteiger charge is -2.27. The van der Waals surface area contributed by atoms with Gasteiger partial charge in [0, 0.05) is 0 Å². The summed E-state index contributed by atoms with van der Waals surface area (Å²) in [6.07, 6.45) is 3.79. The molecule has 0 aliphatic carbocycles. The van der Waals surface area contributed by atoms with Crippen molar-refractivity contribution in [1.82, 2.24) is 16.0 Å². The number of phenolic OH excluding ortho intramolecular Hbond substituents is 1. The summed E-state index contributed by atoms with van der Waals surface area (Å²) in [7, 11) is 0. The molecule has 0 radical (unpaired) electrons. The Bertz CT molecular complexity index is 883. The highest BCUT2D eigenvalue weighted by Crippen LogP contribution is 2.12. The van der Waals surface area contributed by atoms with Gasteiger partial charge < -0.3 is 37.6 Å². The summed E-state index contributed by atoms with van der Waals surface area (Å²) in [5, 5.41) is 26.7. The highest BCUT2D eigenvalue weighted by molar-refractivity contribution is 7.98. The number of hydrogen-bond donors (Lipinski definition) is 7.